The third-order valence-electron chi connectivity index (χ3n) is 2.54. The second-order valence-corrected chi connectivity index (χ2v) is 4.81. The van der Waals surface area contributed by atoms with Crippen molar-refractivity contribution in [1.29, 1.82) is 0 Å². The molecule has 0 radical (unpaired) electrons. The second kappa shape index (κ2) is 4.81. The molecule has 0 fully saturated rings. The van der Waals surface area contributed by atoms with E-state index in [2.05, 4.69) is 15.3 Å². The van der Waals surface area contributed by atoms with Gasteiger partial charge in [0, 0.05) is 12.2 Å². The summed E-state index contributed by atoms with van der Waals surface area (Å²) < 4.78 is 0. The van der Waals surface area contributed by atoms with Crippen molar-refractivity contribution in [3.8, 4) is 0 Å². The fraction of sp³-hybridized carbons (Fsp3) is 0.600. The van der Waals surface area contributed by atoms with Gasteiger partial charge in [0.2, 0.25) is 0 Å². The summed E-state index contributed by atoms with van der Waals surface area (Å²) in [5, 5.41) is 3.06. The molecule has 1 aliphatic heterocycles. The third kappa shape index (κ3) is 2.41. The van der Waals surface area contributed by atoms with E-state index < -0.39 is 0 Å². The summed E-state index contributed by atoms with van der Waals surface area (Å²) in [6.07, 6.45) is 1.97. The van der Waals surface area contributed by atoms with Gasteiger partial charge in [-0.25, -0.2) is 4.79 Å². The zero-order valence-corrected chi connectivity index (χ0v) is 9.62. The maximum atomic E-state index is 11.3. The van der Waals surface area contributed by atoms with E-state index in [-0.39, 0.29) is 5.69 Å². The quantitative estimate of drug-likeness (QED) is 0.761. The van der Waals surface area contributed by atoms with Crippen molar-refractivity contribution in [1.82, 2.24) is 15.3 Å². The molecule has 5 heteroatoms. The van der Waals surface area contributed by atoms with Gasteiger partial charge in [0.25, 0.3) is 0 Å². The Morgan fingerprint density at radius 2 is 2.27 bits per heavy atom. The number of thioether (sulfide) groups is 1. The van der Waals surface area contributed by atoms with Gasteiger partial charge in [-0.15, -0.1) is 0 Å². The predicted molar refractivity (Wildman–Crippen MR) is 62.4 cm³/mol. The molecule has 15 heavy (non-hydrogen) atoms. The molecule has 0 bridgehead atoms. The summed E-state index contributed by atoms with van der Waals surface area (Å²) in [5.41, 5.74) is 3.03. The topological polar surface area (TPSA) is 57.8 Å². The van der Waals surface area contributed by atoms with E-state index >= 15 is 0 Å². The Morgan fingerprint density at radius 3 is 3.07 bits per heavy atom. The maximum absolute atomic E-state index is 11.3. The van der Waals surface area contributed by atoms with Gasteiger partial charge >= 0.3 is 5.69 Å². The van der Waals surface area contributed by atoms with Crippen LogP contribution in [0.1, 0.15) is 17.0 Å². The standard InChI is InChI=1S/C10H15N3OS/c1-11-6-9-7-2-4-15-5-3-8(7)12-10(14)13-9/h11H,2-6H2,1H3,(H,12,13,14). The number of aromatic nitrogens is 2. The highest BCUT2D eigenvalue weighted by atomic mass is 32.2. The maximum Gasteiger partial charge on any atom is 0.345 e. The summed E-state index contributed by atoms with van der Waals surface area (Å²) in [7, 11) is 1.88. The molecule has 0 spiro atoms. The second-order valence-electron chi connectivity index (χ2n) is 3.59. The van der Waals surface area contributed by atoms with Crippen LogP contribution in [0.5, 0.6) is 0 Å². The Hall–Kier alpha value is -0.810. The Bertz CT molecular complexity index is 402. The highest BCUT2D eigenvalue weighted by Gasteiger charge is 2.14. The lowest BCUT2D eigenvalue weighted by atomic mass is 10.1. The fourth-order valence-corrected chi connectivity index (χ4v) is 2.77. The lowest BCUT2D eigenvalue weighted by Crippen LogP contribution is -2.22. The molecule has 1 aromatic rings. The van der Waals surface area contributed by atoms with E-state index in [9.17, 15) is 4.79 Å². The highest BCUT2D eigenvalue weighted by molar-refractivity contribution is 7.99. The van der Waals surface area contributed by atoms with Gasteiger partial charge in [-0.3, -0.25) is 0 Å². The van der Waals surface area contributed by atoms with Crippen LogP contribution in [-0.4, -0.2) is 28.5 Å². The van der Waals surface area contributed by atoms with E-state index in [1.54, 1.807) is 0 Å². The molecule has 0 saturated carbocycles. The molecular formula is C10H15N3OS. The van der Waals surface area contributed by atoms with Crippen molar-refractivity contribution in [2.75, 3.05) is 18.6 Å². The molecule has 0 atom stereocenters. The van der Waals surface area contributed by atoms with Crippen LogP contribution in [0.4, 0.5) is 0 Å². The fourth-order valence-electron chi connectivity index (χ4n) is 1.87. The Labute approximate surface area is 92.9 Å². The number of H-pyrrole nitrogens is 1. The molecule has 4 nitrogen and oxygen atoms in total. The third-order valence-corrected chi connectivity index (χ3v) is 3.53. The normalized spacial score (nSPS) is 15.8. The van der Waals surface area contributed by atoms with Crippen molar-refractivity contribution < 1.29 is 0 Å². The van der Waals surface area contributed by atoms with Crippen molar-refractivity contribution in [3.63, 3.8) is 0 Å². The lowest BCUT2D eigenvalue weighted by molar-refractivity contribution is 0.751. The number of fused-ring (bicyclic) bond motifs is 1. The molecule has 0 amide bonds. The van der Waals surface area contributed by atoms with Crippen LogP contribution >= 0.6 is 11.8 Å². The Morgan fingerprint density at radius 1 is 1.47 bits per heavy atom. The molecule has 2 rings (SSSR count). The first-order chi connectivity index (χ1) is 7.31. The van der Waals surface area contributed by atoms with E-state index in [0.717, 1.165) is 35.7 Å². The smallest absolute Gasteiger partial charge is 0.314 e. The molecule has 2 heterocycles. The van der Waals surface area contributed by atoms with Crippen LogP contribution in [0.2, 0.25) is 0 Å². The lowest BCUT2D eigenvalue weighted by Gasteiger charge is -2.09. The molecule has 82 valence electrons. The molecule has 0 aliphatic carbocycles. The molecular weight excluding hydrogens is 210 g/mol. The SMILES string of the molecule is CNCc1nc(=O)[nH]c2c1CCSCC2. The van der Waals surface area contributed by atoms with Gasteiger partial charge in [0.05, 0.1) is 5.69 Å². The van der Waals surface area contributed by atoms with Crippen LogP contribution in [0.25, 0.3) is 0 Å². The van der Waals surface area contributed by atoms with Gasteiger partial charge in [-0.2, -0.15) is 16.7 Å². The number of nitrogens with one attached hydrogen (secondary N) is 2. The summed E-state index contributed by atoms with van der Waals surface area (Å²) in [5.74, 6) is 2.21. The zero-order valence-electron chi connectivity index (χ0n) is 8.80. The summed E-state index contributed by atoms with van der Waals surface area (Å²) in [4.78, 5) is 18.2. The van der Waals surface area contributed by atoms with Crippen LogP contribution in [-0.2, 0) is 19.4 Å². The minimum atomic E-state index is -0.217. The van der Waals surface area contributed by atoms with Gasteiger partial charge in [0.1, 0.15) is 0 Å². The number of rotatable bonds is 2. The van der Waals surface area contributed by atoms with E-state index in [1.807, 2.05) is 18.8 Å². The minimum absolute atomic E-state index is 0.217. The average Bonchev–Trinajstić information content (AvgIpc) is 2.43. The van der Waals surface area contributed by atoms with Crippen molar-refractivity contribution in [3.05, 3.63) is 27.4 Å². The summed E-state index contributed by atoms with van der Waals surface area (Å²) >= 11 is 1.93. The van der Waals surface area contributed by atoms with Crippen molar-refractivity contribution >= 4 is 11.8 Å². The zero-order chi connectivity index (χ0) is 10.7. The van der Waals surface area contributed by atoms with Crippen molar-refractivity contribution in [2.45, 2.75) is 19.4 Å². The Kier molecular flexibility index (Phi) is 3.43. The van der Waals surface area contributed by atoms with Crippen LogP contribution in [0.3, 0.4) is 0 Å². The number of hydrogen-bond donors (Lipinski definition) is 2. The first-order valence-corrected chi connectivity index (χ1v) is 6.30. The van der Waals surface area contributed by atoms with Gasteiger partial charge in [-0.1, -0.05) is 0 Å². The van der Waals surface area contributed by atoms with Gasteiger partial charge < -0.3 is 10.3 Å². The summed E-state index contributed by atoms with van der Waals surface area (Å²) in [6.45, 7) is 0.678. The molecule has 0 unspecified atom stereocenters. The number of nitrogens with zero attached hydrogens (tertiary/aromatic N) is 1. The largest absolute Gasteiger partial charge is 0.345 e. The first kappa shape index (κ1) is 10.7. The molecule has 1 aromatic heterocycles. The predicted octanol–water partition coefficient (Wildman–Crippen LogP) is 0.321. The van der Waals surface area contributed by atoms with Gasteiger partial charge in [0.15, 0.2) is 0 Å². The molecule has 1 aliphatic rings. The van der Waals surface area contributed by atoms with Crippen LogP contribution < -0.4 is 11.0 Å². The minimum Gasteiger partial charge on any atom is -0.314 e. The highest BCUT2D eigenvalue weighted by Crippen LogP contribution is 2.19. The Balaban J connectivity index is 2.45. The average molecular weight is 225 g/mol. The summed E-state index contributed by atoms with van der Waals surface area (Å²) in [6, 6.07) is 0. The van der Waals surface area contributed by atoms with Crippen molar-refractivity contribution in [2.24, 2.45) is 0 Å². The first-order valence-electron chi connectivity index (χ1n) is 5.14. The van der Waals surface area contributed by atoms with Crippen LogP contribution in [0, 0.1) is 0 Å². The number of hydrogen-bond acceptors (Lipinski definition) is 4. The van der Waals surface area contributed by atoms with E-state index in [0.29, 0.717) is 6.54 Å². The van der Waals surface area contributed by atoms with Gasteiger partial charge in [-0.05, 0) is 37.0 Å². The van der Waals surface area contributed by atoms with E-state index in [1.165, 1.54) is 5.56 Å². The molecule has 0 aromatic carbocycles. The van der Waals surface area contributed by atoms with E-state index in [4.69, 9.17) is 0 Å². The van der Waals surface area contributed by atoms with Crippen LogP contribution in [0.15, 0.2) is 4.79 Å². The molecule has 2 N–H and O–H groups in total. The monoisotopic (exact) mass is 225 g/mol. The molecule has 0 saturated heterocycles. The number of aromatic amines is 1. The number of aryl methyl sites for hydroxylation is 1.